The second-order valence-corrected chi connectivity index (χ2v) is 8.01. The summed E-state index contributed by atoms with van der Waals surface area (Å²) >= 11 is 9.26. The molecule has 0 radical (unpaired) electrons. The number of anilines is 1. The summed E-state index contributed by atoms with van der Waals surface area (Å²) in [5.74, 6) is -0.992. The Kier molecular flexibility index (Phi) is 7.39. The summed E-state index contributed by atoms with van der Waals surface area (Å²) in [6.45, 7) is 1.47. The molecule has 0 aromatic heterocycles. The quantitative estimate of drug-likeness (QED) is 0.338. The van der Waals surface area contributed by atoms with E-state index in [0.29, 0.717) is 27.4 Å². The summed E-state index contributed by atoms with van der Waals surface area (Å²) in [6, 6.07) is 20.2. The Balaban J connectivity index is 1.86. The van der Waals surface area contributed by atoms with E-state index in [0.717, 1.165) is 4.47 Å². The molecule has 0 unspecified atom stereocenters. The molecule has 0 aliphatic carbocycles. The van der Waals surface area contributed by atoms with Crippen molar-refractivity contribution in [2.45, 2.75) is 6.92 Å². The van der Waals surface area contributed by atoms with Crippen LogP contribution in [0.25, 0.3) is 6.08 Å². The number of amides is 2. The van der Waals surface area contributed by atoms with Crippen molar-refractivity contribution in [2.24, 2.45) is 0 Å². The third-order valence-electron chi connectivity index (χ3n) is 4.33. The third kappa shape index (κ3) is 6.38. The molecule has 3 rings (SSSR count). The first-order valence-electron chi connectivity index (χ1n) is 9.28. The van der Waals surface area contributed by atoms with E-state index in [9.17, 15) is 14.4 Å². The first-order chi connectivity index (χ1) is 14.8. The molecule has 7 heteroatoms. The molecular formula is C24H18BrClN2O3. The van der Waals surface area contributed by atoms with Gasteiger partial charge < -0.3 is 10.6 Å². The Bertz CT molecular complexity index is 1140. The van der Waals surface area contributed by atoms with Crippen molar-refractivity contribution in [2.75, 3.05) is 5.32 Å². The smallest absolute Gasteiger partial charge is 0.272 e. The van der Waals surface area contributed by atoms with Gasteiger partial charge in [0.05, 0.1) is 0 Å². The van der Waals surface area contributed by atoms with Crippen LogP contribution < -0.4 is 10.6 Å². The van der Waals surface area contributed by atoms with Crippen LogP contribution in [0.4, 0.5) is 5.69 Å². The van der Waals surface area contributed by atoms with Crippen molar-refractivity contribution in [3.05, 3.63) is 105 Å². The molecule has 0 aliphatic rings. The molecule has 3 aromatic rings. The van der Waals surface area contributed by atoms with Crippen molar-refractivity contribution in [1.29, 1.82) is 0 Å². The van der Waals surface area contributed by atoms with Crippen molar-refractivity contribution in [3.8, 4) is 0 Å². The van der Waals surface area contributed by atoms with E-state index in [-0.39, 0.29) is 11.5 Å². The van der Waals surface area contributed by atoms with Gasteiger partial charge in [-0.25, -0.2) is 0 Å². The van der Waals surface area contributed by atoms with Crippen molar-refractivity contribution in [1.82, 2.24) is 5.32 Å². The first-order valence-corrected chi connectivity index (χ1v) is 10.5. The lowest BCUT2D eigenvalue weighted by atomic mass is 10.1. The number of carbonyl (C=O) groups excluding carboxylic acids is 3. The second kappa shape index (κ2) is 10.2. The highest BCUT2D eigenvalue weighted by molar-refractivity contribution is 9.10. The van der Waals surface area contributed by atoms with E-state index in [1.165, 1.54) is 6.92 Å². The van der Waals surface area contributed by atoms with E-state index in [1.807, 2.05) is 0 Å². The monoisotopic (exact) mass is 496 g/mol. The van der Waals surface area contributed by atoms with Crippen LogP contribution in [0.1, 0.15) is 33.2 Å². The summed E-state index contributed by atoms with van der Waals surface area (Å²) in [7, 11) is 0. The van der Waals surface area contributed by atoms with Gasteiger partial charge in [-0.2, -0.15) is 0 Å². The Morgan fingerprint density at radius 2 is 1.42 bits per heavy atom. The fourth-order valence-electron chi connectivity index (χ4n) is 2.67. The van der Waals surface area contributed by atoms with Gasteiger partial charge in [-0.3, -0.25) is 14.4 Å². The number of ketones is 1. The maximum Gasteiger partial charge on any atom is 0.272 e. The lowest BCUT2D eigenvalue weighted by Crippen LogP contribution is -2.30. The Labute approximate surface area is 193 Å². The average molecular weight is 498 g/mol. The first kappa shape index (κ1) is 22.5. The molecule has 0 atom stereocenters. The molecule has 0 saturated heterocycles. The zero-order valence-electron chi connectivity index (χ0n) is 16.5. The van der Waals surface area contributed by atoms with Crippen molar-refractivity contribution >= 4 is 56.9 Å². The van der Waals surface area contributed by atoms with Gasteiger partial charge in [0, 0.05) is 26.3 Å². The molecule has 0 aliphatic heterocycles. The highest BCUT2D eigenvalue weighted by Crippen LogP contribution is 2.16. The molecular weight excluding hydrogens is 480 g/mol. The second-order valence-electron chi connectivity index (χ2n) is 6.66. The number of hydrogen-bond acceptors (Lipinski definition) is 3. The average Bonchev–Trinajstić information content (AvgIpc) is 2.75. The molecule has 3 aromatic carbocycles. The van der Waals surface area contributed by atoms with Crippen LogP contribution in [0, 0.1) is 0 Å². The molecule has 31 heavy (non-hydrogen) atoms. The summed E-state index contributed by atoms with van der Waals surface area (Å²) in [5, 5.41) is 5.97. The molecule has 5 nitrogen and oxygen atoms in total. The molecule has 0 spiro atoms. The van der Waals surface area contributed by atoms with Crippen molar-refractivity contribution < 1.29 is 14.4 Å². The van der Waals surface area contributed by atoms with Gasteiger partial charge in [-0.15, -0.1) is 0 Å². The van der Waals surface area contributed by atoms with E-state index in [4.69, 9.17) is 11.6 Å². The minimum absolute atomic E-state index is 0.0610. The van der Waals surface area contributed by atoms with Gasteiger partial charge in [0.25, 0.3) is 11.8 Å². The van der Waals surface area contributed by atoms with Crippen LogP contribution in [0.3, 0.4) is 0 Å². The summed E-state index contributed by atoms with van der Waals surface area (Å²) in [4.78, 5) is 37.0. The molecule has 0 fully saturated rings. The Hall–Kier alpha value is -3.22. The van der Waals surface area contributed by atoms with Crippen LogP contribution in [-0.4, -0.2) is 17.6 Å². The van der Waals surface area contributed by atoms with Gasteiger partial charge in [0.15, 0.2) is 5.78 Å². The number of halogens is 2. The number of hydrogen-bond donors (Lipinski definition) is 2. The zero-order valence-corrected chi connectivity index (χ0v) is 18.8. The van der Waals surface area contributed by atoms with E-state index < -0.39 is 11.8 Å². The minimum Gasteiger partial charge on any atom is -0.321 e. The van der Waals surface area contributed by atoms with Crippen LogP contribution >= 0.6 is 27.5 Å². The van der Waals surface area contributed by atoms with Crippen LogP contribution in [-0.2, 0) is 4.79 Å². The van der Waals surface area contributed by atoms with Crippen LogP contribution in [0.2, 0.25) is 5.02 Å². The molecule has 0 heterocycles. The van der Waals surface area contributed by atoms with Gasteiger partial charge in [-0.1, -0.05) is 39.7 Å². The topological polar surface area (TPSA) is 75.3 Å². The van der Waals surface area contributed by atoms with E-state index in [2.05, 4.69) is 26.6 Å². The Morgan fingerprint density at radius 1 is 0.839 bits per heavy atom. The fourth-order valence-corrected chi connectivity index (χ4v) is 3.06. The minimum atomic E-state index is -0.504. The molecule has 0 bridgehead atoms. The SMILES string of the molecule is CC(=O)c1ccc(NC(=O)C(=Cc2ccc(Cl)cc2)NC(=O)c2ccc(Br)cc2)cc1. The largest absolute Gasteiger partial charge is 0.321 e. The van der Waals surface area contributed by atoms with Gasteiger partial charge in [0.1, 0.15) is 5.70 Å². The Morgan fingerprint density at radius 3 is 2.00 bits per heavy atom. The van der Waals surface area contributed by atoms with E-state index in [1.54, 1.807) is 78.9 Å². The third-order valence-corrected chi connectivity index (χ3v) is 5.11. The number of rotatable bonds is 6. The van der Waals surface area contributed by atoms with E-state index >= 15 is 0 Å². The fraction of sp³-hybridized carbons (Fsp3) is 0.0417. The highest BCUT2D eigenvalue weighted by Gasteiger charge is 2.15. The lowest BCUT2D eigenvalue weighted by molar-refractivity contribution is -0.113. The number of Topliss-reactive ketones (excluding diaryl/α,β-unsaturated/α-hetero) is 1. The van der Waals surface area contributed by atoms with Crippen LogP contribution in [0.15, 0.2) is 83.0 Å². The molecule has 2 N–H and O–H groups in total. The van der Waals surface area contributed by atoms with Gasteiger partial charge in [-0.05, 0) is 79.2 Å². The lowest BCUT2D eigenvalue weighted by Gasteiger charge is -2.12. The van der Waals surface area contributed by atoms with Crippen molar-refractivity contribution in [3.63, 3.8) is 0 Å². The zero-order chi connectivity index (χ0) is 22.4. The number of carbonyl (C=O) groups is 3. The van der Waals surface area contributed by atoms with Gasteiger partial charge >= 0.3 is 0 Å². The summed E-state index contributed by atoms with van der Waals surface area (Å²) in [5.41, 5.74) is 2.20. The summed E-state index contributed by atoms with van der Waals surface area (Å²) < 4.78 is 0.840. The highest BCUT2D eigenvalue weighted by atomic mass is 79.9. The maximum atomic E-state index is 12.9. The predicted octanol–water partition coefficient (Wildman–Crippen LogP) is 5.71. The standard InChI is InChI=1S/C24H18BrClN2O3/c1-15(29)17-6-12-21(13-7-17)27-24(31)22(14-16-2-10-20(26)11-3-16)28-23(30)18-4-8-19(25)9-5-18/h2-14H,1H3,(H,27,31)(H,28,30). The molecule has 2 amide bonds. The summed E-state index contributed by atoms with van der Waals surface area (Å²) in [6.07, 6.45) is 1.56. The predicted molar refractivity (Wildman–Crippen MR) is 126 cm³/mol. The normalized spacial score (nSPS) is 11.0. The van der Waals surface area contributed by atoms with Crippen LogP contribution in [0.5, 0.6) is 0 Å². The number of nitrogens with one attached hydrogen (secondary N) is 2. The van der Waals surface area contributed by atoms with Gasteiger partial charge in [0.2, 0.25) is 0 Å². The molecule has 156 valence electrons. The number of benzene rings is 3. The maximum absolute atomic E-state index is 12.9. The molecule has 0 saturated carbocycles.